The molecule has 19 nitrogen and oxygen atoms in total. The average Bonchev–Trinajstić information content (AvgIpc) is 1.38. The van der Waals surface area contributed by atoms with Gasteiger partial charge in [0.1, 0.15) is 59.6 Å². The Morgan fingerprint density at radius 3 is 1.51 bits per heavy atom. The lowest BCUT2D eigenvalue weighted by molar-refractivity contribution is -0.164. The Labute approximate surface area is 617 Å². The maximum Gasteiger partial charge on any atom is 0.342 e. The van der Waals surface area contributed by atoms with Gasteiger partial charge in [-0.25, -0.2) is 19.4 Å². The minimum Gasteiger partial charge on any atom is -0.480 e. The summed E-state index contributed by atoms with van der Waals surface area (Å²) >= 11 is 1.03. The van der Waals surface area contributed by atoms with Crippen molar-refractivity contribution in [1.29, 1.82) is 0 Å². The number of allylic oxidation sites excluding steroid dienone is 1. The predicted molar refractivity (Wildman–Crippen MR) is 407 cm³/mol. The molecule has 20 heteroatoms. The van der Waals surface area contributed by atoms with Gasteiger partial charge in [-0.3, -0.25) is 24.0 Å². The number of nitrogens with one attached hydrogen (secondary N) is 3. The molecule has 6 unspecified atom stereocenters. The number of aromatic amines is 1. The fraction of sp³-hybridized carbons (Fsp3) is 0.768. The molecule has 578 valence electrons. The zero-order chi connectivity index (χ0) is 77.7. The number of aromatic nitrogens is 1. The molecule has 0 saturated heterocycles. The van der Waals surface area contributed by atoms with E-state index in [1.54, 1.807) is 0 Å². The van der Waals surface area contributed by atoms with E-state index >= 15 is 19.2 Å². The van der Waals surface area contributed by atoms with Crippen LogP contribution in [0.15, 0.2) is 34.0 Å². The SMILES string of the molecule is C=C(C)C(=O)OCC(O)COC(=O)CC(SCCCC(CC)(CC)C(=O)Nc1[nH]c(C=C2N=C(NC(=O)C(CC)(CC)CCCOC(=O)C(C)(C)CC)C(C(=O)OC3C(C(C)(C)C)CC(C)CC3C(C)(C)C)=C2C(C)C)c(C(C)C)c1C(=O)OC1C(C(C)(C)C)CC(C)CC1C(C)(C)C)C(=O)O. The summed E-state index contributed by atoms with van der Waals surface area (Å²) < 4.78 is 30.0. The molecule has 0 bridgehead atoms. The molecule has 2 heterocycles. The molecule has 0 spiro atoms. The third kappa shape index (κ3) is 22.9. The van der Waals surface area contributed by atoms with Crippen LogP contribution in [0.25, 0.3) is 6.08 Å². The van der Waals surface area contributed by atoms with Crippen molar-refractivity contribution in [3.05, 3.63) is 45.8 Å². The summed E-state index contributed by atoms with van der Waals surface area (Å²) in [5.74, 6) is -4.71. The maximum atomic E-state index is 16.0. The Morgan fingerprint density at radius 2 is 1.09 bits per heavy atom. The van der Waals surface area contributed by atoms with Gasteiger partial charge in [0.25, 0.3) is 0 Å². The van der Waals surface area contributed by atoms with Gasteiger partial charge in [-0.1, -0.05) is 166 Å². The van der Waals surface area contributed by atoms with Gasteiger partial charge in [0.2, 0.25) is 11.8 Å². The van der Waals surface area contributed by atoms with Crippen molar-refractivity contribution in [1.82, 2.24) is 10.3 Å². The summed E-state index contributed by atoms with van der Waals surface area (Å²) in [6.07, 6.45) is 6.08. The number of ether oxygens (including phenoxy) is 5. The molecule has 2 saturated carbocycles. The van der Waals surface area contributed by atoms with E-state index in [2.05, 4.69) is 119 Å². The van der Waals surface area contributed by atoms with Gasteiger partial charge in [-0.2, -0.15) is 0 Å². The summed E-state index contributed by atoms with van der Waals surface area (Å²) in [6.45, 7) is 56.3. The number of aliphatic hydroxyl groups excluding tert-OH is 1. The molecule has 2 fully saturated rings. The topological polar surface area (TPSA) is 275 Å². The number of hydrogen-bond acceptors (Lipinski definition) is 16. The van der Waals surface area contributed by atoms with Crippen LogP contribution in [0.5, 0.6) is 0 Å². The molecule has 1 aliphatic heterocycles. The number of carbonyl (C=O) groups is 8. The fourth-order valence-corrected chi connectivity index (χ4v) is 16.3. The van der Waals surface area contributed by atoms with Crippen LogP contribution in [-0.4, -0.2) is 118 Å². The van der Waals surface area contributed by atoms with E-state index in [0.717, 1.165) is 37.4 Å². The molecule has 0 aromatic carbocycles. The molecule has 3 aliphatic rings. The van der Waals surface area contributed by atoms with Crippen LogP contribution >= 0.6 is 11.8 Å². The standard InChI is InChI=1S/C82H134N4O15S/c1-28-80(26,27)75(96)97-37-33-35-81(29-2,30-3)73(94)85-67-63(71(92)100-65-53(76(14,15)16)39-50(12)40-54(65)77(17,18)19)61(47(6)7)57(83-67)43-58-62(48(8)9)64(72(93)101-66-55(78(20,21)22)41-51(13)42-56(66)79(23,24)25)68(84-58)86-74(95)82(31-4,32-5)36-34-38-102-59(69(89)90)44-60(88)98-45-52(87)46-99-70(91)49(10)11/h43,47-48,50-56,59,65-66,84,87H,10,28-42,44-46H2,1-9,11-27H3,(H,86,95)(H,89,90)(H,83,85,94). The van der Waals surface area contributed by atoms with Crippen LogP contribution < -0.4 is 10.6 Å². The van der Waals surface area contributed by atoms with E-state index in [1.165, 1.54) is 6.92 Å². The number of H-pyrrole nitrogens is 1. The Hall–Kier alpha value is -5.76. The molecule has 1 aromatic rings. The highest BCUT2D eigenvalue weighted by Crippen LogP contribution is 2.53. The number of carbonyl (C=O) groups excluding carboxylic acids is 7. The number of nitrogens with zero attached hydrogens (tertiary/aromatic N) is 1. The molecular formula is C82H134N4O15S. The lowest BCUT2D eigenvalue weighted by Crippen LogP contribution is -2.50. The van der Waals surface area contributed by atoms with Crippen molar-refractivity contribution in [2.45, 2.75) is 299 Å². The van der Waals surface area contributed by atoms with Crippen molar-refractivity contribution in [2.75, 3.05) is 30.9 Å². The van der Waals surface area contributed by atoms with Gasteiger partial charge >= 0.3 is 35.8 Å². The van der Waals surface area contributed by atoms with Crippen molar-refractivity contribution >= 4 is 77.1 Å². The first-order valence-corrected chi connectivity index (χ1v) is 39.1. The van der Waals surface area contributed by atoms with Crippen molar-refractivity contribution in [2.24, 2.45) is 84.3 Å². The van der Waals surface area contributed by atoms with E-state index in [4.69, 9.17) is 28.7 Å². The zero-order valence-corrected chi connectivity index (χ0v) is 68.3. The minimum absolute atomic E-state index is 0.00438. The molecule has 2 aliphatic carbocycles. The van der Waals surface area contributed by atoms with Crippen molar-refractivity contribution in [3.63, 3.8) is 0 Å². The second-order valence-electron chi connectivity index (χ2n) is 35.7. The second-order valence-corrected chi connectivity index (χ2v) is 37.0. The summed E-state index contributed by atoms with van der Waals surface area (Å²) in [7, 11) is 0. The number of amidine groups is 1. The van der Waals surface area contributed by atoms with Gasteiger partial charge < -0.3 is 49.5 Å². The molecule has 2 amide bonds. The first kappa shape index (κ1) is 88.6. The Morgan fingerprint density at radius 1 is 0.637 bits per heavy atom. The molecule has 5 N–H and O–H groups in total. The van der Waals surface area contributed by atoms with Crippen molar-refractivity contribution < 1.29 is 72.3 Å². The van der Waals surface area contributed by atoms with Crippen molar-refractivity contribution in [3.8, 4) is 0 Å². The Bertz CT molecular complexity index is 3160. The number of aliphatic hydroxyl groups is 1. The Balaban J connectivity index is 2.00. The third-order valence-corrected chi connectivity index (χ3v) is 23.9. The number of esters is 5. The van der Waals surface area contributed by atoms with E-state index < -0.39 is 89.3 Å². The molecule has 102 heavy (non-hydrogen) atoms. The normalized spacial score (nSPS) is 22.0. The van der Waals surface area contributed by atoms with Gasteiger partial charge in [-0.05, 0) is 173 Å². The zero-order valence-electron chi connectivity index (χ0n) is 67.5. The fourth-order valence-electron chi connectivity index (χ4n) is 15.4. The van der Waals surface area contributed by atoms with E-state index in [0.29, 0.717) is 92.2 Å². The molecule has 6 atom stereocenters. The lowest BCUT2D eigenvalue weighted by atomic mass is 9.59. The number of aliphatic carboxylic acids is 1. The third-order valence-electron chi connectivity index (χ3n) is 22.6. The summed E-state index contributed by atoms with van der Waals surface area (Å²) in [6, 6.07) is 0. The van der Waals surface area contributed by atoms with Crippen LogP contribution in [-0.2, 0) is 57.2 Å². The highest BCUT2D eigenvalue weighted by Gasteiger charge is 2.52. The smallest absolute Gasteiger partial charge is 0.342 e. The monoisotopic (exact) mass is 1450 g/mol. The quantitative estimate of drug-likeness (QED) is 0.0189. The number of rotatable bonds is 33. The first-order valence-electron chi connectivity index (χ1n) is 38.0. The van der Waals surface area contributed by atoms with Crippen LogP contribution in [0, 0.1) is 79.3 Å². The average molecular weight is 1450 g/mol. The highest BCUT2D eigenvalue weighted by atomic mass is 32.2. The second kappa shape index (κ2) is 36.5. The number of carboxylic acid groups (broad SMARTS) is 1. The minimum atomic E-state index is -1.34. The summed E-state index contributed by atoms with van der Waals surface area (Å²) in [5.41, 5.74) is -1.40. The van der Waals surface area contributed by atoms with Gasteiger partial charge in [-0.15, -0.1) is 11.8 Å². The van der Waals surface area contributed by atoms with Gasteiger partial charge in [0.05, 0.1) is 24.1 Å². The van der Waals surface area contributed by atoms with Gasteiger partial charge in [0.15, 0.2) is 0 Å². The lowest BCUT2D eigenvalue weighted by Gasteiger charge is -2.50. The van der Waals surface area contributed by atoms with Crippen LogP contribution in [0.2, 0.25) is 0 Å². The van der Waals surface area contributed by atoms with Crippen LogP contribution in [0.4, 0.5) is 5.82 Å². The van der Waals surface area contributed by atoms with E-state index in [-0.39, 0.29) is 116 Å². The number of carboxylic acids is 1. The van der Waals surface area contributed by atoms with E-state index in [9.17, 15) is 29.4 Å². The number of anilines is 1. The highest BCUT2D eigenvalue weighted by molar-refractivity contribution is 8.00. The summed E-state index contributed by atoms with van der Waals surface area (Å²) in [5, 5.41) is 25.7. The molecular weight excluding hydrogens is 1310 g/mol. The largest absolute Gasteiger partial charge is 0.480 e. The van der Waals surface area contributed by atoms with E-state index in [1.807, 2.05) is 82.2 Å². The Kier molecular flexibility index (Phi) is 31.7. The number of thioether (sulfide) groups is 1. The number of aliphatic imine (C=N–C) groups is 1. The van der Waals surface area contributed by atoms with Crippen LogP contribution in [0.3, 0.4) is 0 Å². The maximum absolute atomic E-state index is 16.0. The summed E-state index contributed by atoms with van der Waals surface area (Å²) in [4.78, 5) is 122. The number of hydrogen-bond donors (Lipinski definition) is 5. The molecule has 0 radical (unpaired) electrons. The first-order chi connectivity index (χ1) is 47.0. The molecule has 4 rings (SSSR count). The van der Waals surface area contributed by atoms with Gasteiger partial charge in [0, 0.05) is 45.8 Å². The molecule has 1 aromatic heterocycles. The van der Waals surface area contributed by atoms with Crippen LogP contribution in [0.1, 0.15) is 297 Å². The predicted octanol–water partition coefficient (Wildman–Crippen LogP) is 17.6. The number of amides is 2.